The summed E-state index contributed by atoms with van der Waals surface area (Å²) in [7, 11) is 0. The predicted octanol–water partition coefficient (Wildman–Crippen LogP) is 2.83. The van der Waals surface area contributed by atoms with E-state index in [-0.39, 0.29) is 6.61 Å². The molecule has 13 heavy (non-hydrogen) atoms. The molecule has 0 spiro atoms. The van der Waals surface area contributed by atoms with Gasteiger partial charge in [0.1, 0.15) is 0 Å². The zero-order chi connectivity index (χ0) is 9.26. The lowest BCUT2D eigenvalue weighted by atomic mass is 9.70. The molecule has 2 heteroatoms. The lowest BCUT2D eigenvalue weighted by Crippen LogP contribution is -2.26. The van der Waals surface area contributed by atoms with Gasteiger partial charge in [0, 0.05) is 11.6 Å². The highest BCUT2D eigenvalue weighted by atomic mass is 35.5. The predicted molar refractivity (Wildman–Crippen MR) is 54.0 cm³/mol. The van der Waals surface area contributed by atoms with Gasteiger partial charge in [0.25, 0.3) is 0 Å². The maximum absolute atomic E-state index is 9.07. The van der Waals surface area contributed by atoms with Crippen LogP contribution in [0.1, 0.15) is 24.3 Å². The summed E-state index contributed by atoms with van der Waals surface area (Å²) in [5.41, 5.74) is 1.20. The van der Waals surface area contributed by atoms with Gasteiger partial charge < -0.3 is 5.11 Å². The van der Waals surface area contributed by atoms with Crippen LogP contribution in [0.25, 0.3) is 0 Å². The van der Waals surface area contributed by atoms with Crippen molar-refractivity contribution in [3.8, 4) is 0 Å². The summed E-state index contributed by atoms with van der Waals surface area (Å²) in [6.07, 6.45) is 2.29. The molecule has 2 atom stereocenters. The third kappa shape index (κ3) is 1.59. The first-order valence-corrected chi connectivity index (χ1v) is 5.06. The Morgan fingerprint density at radius 2 is 2.08 bits per heavy atom. The van der Waals surface area contributed by atoms with Gasteiger partial charge in [-0.3, -0.25) is 0 Å². The molecule has 1 aromatic rings. The molecule has 70 valence electrons. The summed E-state index contributed by atoms with van der Waals surface area (Å²) in [5.74, 6) is 0.915. The highest BCUT2D eigenvalue weighted by molar-refractivity contribution is 6.31. The zero-order valence-electron chi connectivity index (χ0n) is 7.41. The Morgan fingerprint density at radius 1 is 1.31 bits per heavy atom. The Labute approximate surface area is 83.3 Å². The second kappa shape index (κ2) is 3.69. The van der Waals surface area contributed by atoms with E-state index in [9.17, 15) is 0 Å². The normalized spacial score (nSPS) is 26.9. The van der Waals surface area contributed by atoms with Gasteiger partial charge in [-0.2, -0.15) is 0 Å². The molecular formula is C11H13ClO. The van der Waals surface area contributed by atoms with Gasteiger partial charge in [0.2, 0.25) is 0 Å². The molecule has 2 rings (SSSR count). The van der Waals surface area contributed by atoms with E-state index in [2.05, 4.69) is 6.07 Å². The van der Waals surface area contributed by atoms with E-state index in [0.29, 0.717) is 11.8 Å². The molecular weight excluding hydrogens is 184 g/mol. The van der Waals surface area contributed by atoms with E-state index < -0.39 is 0 Å². The standard InChI is InChI=1S/C11H13ClO/c12-11-4-2-1-3-10(11)9-6-5-8(9)7-13/h1-4,8-9,13H,5-7H2. The number of benzene rings is 1. The van der Waals surface area contributed by atoms with Gasteiger partial charge in [0.05, 0.1) is 0 Å². The largest absolute Gasteiger partial charge is 0.396 e. The second-order valence-corrected chi connectivity index (χ2v) is 4.06. The third-order valence-corrected chi connectivity index (χ3v) is 3.30. The first kappa shape index (κ1) is 9.04. The van der Waals surface area contributed by atoms with Gasteiger partial charge in [-0.05, 0) is 36.3 Å². The van der Waals surface area contributed by atoms with Gasteiger partial charge in [-0.1, -0.05) is 29.8 Å². The van der Waals surface area contributed by atoms with Crippen molar-refractivity contribution >= 4 is 11.6 Å². The fourth-order valence-corrected chi connectivity index (χ4v) is 2.25. The fraction of sp³-hybridized carbons (Fsp3) is 0.455. The van der Waals surface area contributed by atoms with Crippen LogP contribution in [-0.2, 0) is 0 Å². The van der Waals surface area contributed by atoms with Crippen LogP contribution >= 0.6 is 11.6 Å². The topological polar surface area (TPSA) is 20.2 Å². The SMILES string of the molecule is OCC1CCC1c1ccccc1Cl. The van der Waals surface area contributed by atoms with E-state index in [0.717, 1.165) is 17.9 Å². The van der Waals surface area contributed by atoms with Crippen LogP contribution in [-0.4, -0.2) is 11.7 Å². The first-order chi connectivity index (χ1) is 6.33. The molecule has 1 aliphatic rings. The Hall–Kier alpha value is -0.530. The van der Waals surface area contributed by atoms with Gasteiger partial charge in [-0.15, -0.1) is 0 Å². The first-order valence-electron chi connectivity index (χ1n) is 4.68. The monoisotopic (exact) mass is 196 g/mol. The van der Waals surface area contributed by atoms with E-state index in [1.165, 1.54) is 5.56 Å². The second-order valence-electron chi connectivity index (χ2n) is 3.65. The molecule has 2 unspecified atom stereocenters. The molecule has 0 heterocycles. The molecule has 1 nitrogen and oxygen atoms in total. The Balaban J connectivity index is 2.21. The highest BCUT2D eigenvalue weighted by Crippen LogP contribution is 2.44. The number of hydrogen-bond donors (Lipinski definition) is 1. The number of aliphatic hydroxyl groups is 1. The summed E-state index contributed by atoms with van der Waals surface area (Å²) in [6.45, 7) is 0.288. The van der Waals surface area contributed by atoms with Crippen molar-refractivity contribution in [3.05, 3.63) is 34.9 Å². The van der Waals surface area contributed by atoms with E-state index in [1.54, 1.807) is 0 Å². The van der Waals surface area contributed by atoms with Crippen molar-refractivity contribution in [2.75, 3.05) is 6.61 Å². The number of aliphatic hydroxyl groups excluding tert-OH is 1. The summed E-state index contributed by atoms with van der Waals surface area (Å²) < 4.78 is 0. The third-order valence-electron chi connectivity index (χ3n) is 2.96. The summed E-state index contributed by atoms with van der Waals surface area (Å²) in [5, 5.41) is 9.90. The Kier molecular flexibility index (Phi) is 2.56. The average Bonchev–Trinajstić information content (AvgIpc) is 2.08. The van der Waals surface area contributed by atoms with Crippen molar-refractivity contribution < 1.29 is 5.11 Å². The van der Waals surface area contributed by atoms with Crippen molar-refractivity contribution in [1.82, 2.24) is 0 Å². The lowest BCUT2D eigenvalue weighted by molar-refractivity contribution is 0.135. The zero-order valence-corrected chi connectivity index (χ0v) is 8.17. The molecule has 0 saturated heterocycles. The summed E-state index contributed by atoms with van der Waals surface area (Å²) in [6, 6.07) is 7.94. The summed E-state index contributed by atoms with van der Waals surface area (Å²) >= 11 is 6.07. The highest BCUT2D eigenvalue weighted by Gasteiger charge is 2.32. The molecule has 1 aromatic carbocycles. The van der Waals surface area contributed by atoms with Crippen LogP contribution in [0.4, 0.5) is 0 Å². The average molecular weight is 197 g/mol. The molecule has 0 aliphatic heterocycles. The van der Waals surface area contributed by atoms with Crippen LogP contribution in [0.5, 0.6) is 0 Å². The molecule has 1 saturated carbocycles. The van der Waals surface area contributed by atoms with Crippen molar-refractivity contribution in [2.45, 2.75) is 18.8 Å². The molecule has 1 aliphatic carbocycles. The van der Waals surface area contributed by atoms with Crippen LogP contribution in [0.2, 0.25) is 5.02 Å². The molecule has 1 fully saturated rings. The number of rotatable bonds is 2. The van der Waals surface area contributed by atoms with Crippen molar-refractivity contribution in [1.29, 1.82) is 0 Å². The van der Waals surface area contributed by atoms with Crippen LogP contribution < -0.4 is 0 Å². The maximum atomic E-state index is 9.07. The van der Waals surface area contributed by atoms with Gasteiger partial charge >= 0.3 is 0 Å². The number of hydrogen-bond acceptors (Lipinski definition) is 1. The number of halogens is 1. The molecule has 0 amide bonds. The molecule has 0 bridgehead atoms. The quantitative estimate of drug-likeness (QED) is 0.772. The van der Waals surface area contributed by atoms with E-state index >= 15 is 0 Å². The minimum atomic E-state index is 0.288. The Bertz CT molecular complexity index is 296. The lowest BCUT2D eigenvalue weighted by Gasteiger charge is -2.36. The van der Waals surface area contributed by atoms with E-state index in [4.69, 9.17) is 16.7 Å². The minimum absolute atomic E-state index is 0.288. The summed E-state index contributed by atoms with van der Waals surface area (Å²) in [4.78, 5) is 0. The van der Waals surface area contributed by atoms with Crippen LogP contribution in [0.15, 0.2) is 24.3 Å². The molecule has 0 radical (unpaired) electrons. The fourth-order valence-electron chi connectivity index (χ4n) is 1.97. The smallest absolute Gasteiger partial charge is 0.0465 e. The maximum Gasteiger partial charge on any atom is 0.0465 e. The van der Waals surface area contributed by atoms with Crippen molar-refractivity contribution in [3.63, 3.8) is 0 Å². The van der Waals surface area contributed by atoms with Gasteiger partial charge in [0.15, 0.2) is 0 Å². The van der Waals surface area contributed by atoms with Gasteiger partial charge in [-0.25, -0.2) is 0 Å². The van der Waals surface area contributed by atoms with Crippen LogP contribution in [0, 0.1) is 5.92 Å². The minimum Gasteiger partial charge on any atom is -0.396 e. The van der Waals surface area contributed by atoms with Crippen LogP contribution in [0.3, 0.4) is 0 Å². The van der Waals surface area contributed by atoms with Crippen molar-refractivity contribution in [2.24, 2.45) is 5.92 Å². The van der Waals surface area contributed by atoms with E-state index in [1.807, 2.05) is 18.2 Å². The Morgan fingerprint density at radius 3 is 2.62 bits per heavy atom. The molecule has 0 aromatic heterocycles. The molecule has 1 N–H and O–H groups in total.